The van der Waals surface area contributed by atoms with Gasteiger partial charge in [-0.05, 0) is 121 Å². The van der Waals surface area contributed by atoms with Gasteiger partial charge in [-0.3, -0.25) is 0 Å². The van der Waals surface area contributed by atoms with E-state index < -0.39 is 5.41 Å². The van der Waals surface area contributed by atoms with E-state index in [2.05, 4.69) is 181 Å². The third kappa shape index (κ3) is 3.60. The van der Waals surface area contributed by atoms with Gasteiger partial charge in [0, 0.05) is 17.1 Å². The molecule has 0 N–H and O–H groups in total. The largest absolute Gasteiger partial charge is 0.310 e. The SMILES string of the molecule is c1ccc(N(c2ccccc2)c2ccc3c(c2)C2(c4ccccc4-3)c3ccccc3C3CC3c3c2c2ccccc2c2ccccc32)cc1. The van der Waals surface area contributed by atoms with Crippen LogP contribution in [0.15, 0.2) is 176 Å². The van der Waals surface area contributed by atoms with Gasteiger partial charge in [0.1, 0.15) is 0 Å². The minimum atomic E-state index is -0.482. The summed E-state index contributed by atoms with van der Waals surface area (Å²) in [5.74, 6) is 1.01. The number of benzene rings is 8. The fraction of sp³-hybridized carbons (Fsp3) is 0.0833. The van der Waals surface area contributed by atoms with E-state index in [0.29, 0.717) is 11.8 Å². The molecule has 8 aromatic rings. The monoisotopic (exact) mass is 623 g/mol. The summed E-state index contributed by atoms with van der Waals surface area (Å²) in [6.45, 7) is 0. The predicted octanol–water partition coefficient (Wildman–Crippen LogP) is 12.4. The zero-order chi connectivity index (χ0) is 32.1. The first-order valence-electron chi connectivity index (χ1n) is 17.5. The Kier molecular flexibility index (Phi) is 5.55. The highest BCUT2D eigenvalue weighted by Gasteiger charge is 2.56. The second-order valence-corrected chi connectivity index (χ2v) is 13.9. The Morgan fingerprint density at radius 2 is 0.959 bits per heavy atom. The molecule has 3 atom stereocenters. The maximum absolute atomic E-state index is 2.52. The Morgan fingerprint density at radius 1 is 0.408 bits per heavy atom. The lowest BCUT2D eigenvalue weighted by atomic mass is 9.64. The smallest absolute Gasteiger partial charge is 0.0726 e. The molecule has 0 bridgehead atoms. The zero-order valence-electron chi connectivity index (χ0n) is 27.1. The summed E-state index contributed by atoms with van der Waals surface area (Å²) in [6.07, 6.45) is 1.20. The van der Waals surface area contributed by atoms with Gasteiger partial charge in [0.05, 0.1) is 5.41 Å². The van der Waals surface area contributed by atoms with E-state index in [-0.39, 0.29) is 0 Å². The van der Waals surface area contributed by atoms with Crippen LogP contribution < -0.4 is 4.90 Å². The van der Waals surface area contributed by atoms with Crippen LogP contribution in [0.2, 0.25) is 0 Å². The number of hydrogen-bond donors (Lipinski definition) is 0. The number of para-hydroxylation sites is 2. The molecule has 0 radical (unpaired) electrons. The Balaban J connectivity index is 1.33. The van der Waals surface area contributed by atoms with Crippen LogP contribution in [0.5, 0.6) is 0 Å². The van der Waals surface area contributed by atoms with Crippen molar-refractivity contribution in [2.75, 3.05) is 4.90 Å². The lowest BCUT2D eigenvalue weighted by Crippen LogP contribution is -2.31. The normalized spacial score (nSPS) is 19.4. The van der Waals surface area contributed by atoms with Crippen molar-refractivity contribution in [1.82, 2.24) is 0 Å². The average Bonchev–Trinajstić information content (AvgIpc) is 3.92. The summed E-state index contributed by atoms with van der Waals surface area (Å²) in [4.78, 5) is 2.41. The van der Waals surface area contributed by atoms with Crippen molar-refractivity contribution in [3.8, 4) is 11.1 Å². The molecule has 49 heavy (non-hydrogen) atoms. The molecule has 3 unspecified atom stereocenters. The first-order valence-corrected chi connectivity index (χ1v) is 17.5. The van der Waals surface area contributed by atoms with Gasteiger partial charge in [0.25, 0.3) is 0 Å². The van der Waals surface area contributed by atoms with E-state index in [9.17, 15) is 0 Å². The summed E-state index contributed by atoms with van der Waals surface area (Å²) in [7, 11) is 0. The van der Waals surface area contributed by atoms with Crippen LogP contribution in [-0.2, 0) is 5.41 Å². The zero-order valence-corrected chi connectivity index (χ0v) is 27.1. The highest BCUT2D eigenvalue weighted by atomic mass is 15.1. The molecule has 0 heterocycles. The van der Waals surface area contributed by atoms with Gasteiger partial charge < -0.3 is 4.90 Å². The van der Waals surface area contributed by atoms with E-state index in [1.54, 1.807) is 5.56 Å². The molecule has 11 rings (SSSR count). The number of nitrogens with zero attached hydrogens (tertiary/aromatic N) is 1. The van der Waals surface area contributed by atoms with Crippen molar-refractivity contribution in [3.63, 3.8) is 0 Å². The van der Waals surface area contributed by atoms with Crippen LogP contribution >= 0.6 is 0 Å². The molecular formula is C48H33N. The molecule has 0 aromatic heterocycles. The first-order chi connectivity index (χ1) is 24.3. The van der Waals surface area contributed by atoms with Crippen LogP contribution in [0.25, 0.3) is 32.7 Å². The van der Waals surface area contributed by atoms with Crippen molar-refractivity contribution >= 4 is 38.6 Å². The molecule has 8 aromatic carbocycles. The van der Waals surface area contributed by atoms with Crippen molar-refractivity contribution in [3.05, 3.63) is 209 Å². The van der Waals surface area contributed by atoms with Crippen LogP contribution in [0, 0.1) is 0 Å². The van der Waals surface area contributed by atoms with Crippen molar-refractivity contribution in [2.45, 2.75) is 23.7 Å². The first kappa shape index (κ1) is 27.1. The molecule has 1 saturated carbocycles. The Hall–Kier alpha value is -5.92. The Morgan fingerprint density at radius 3 is 1.69 bits per heavy atom. The molecule has 3 aliphatic carbocycles. The molecule has 0 amide bonds. The standard InChI is InChI=1S/C48H33N/c1-3-15-31(16-4-1)49(32-17-5-2-6-18-32)33-27-28-38-36-21-11-13-25-43(36)48(45(38)29-33)44-26-14-12-22-37(44)41-30-42(41)46-39-23-9-7-19-34(39)35-20-8-10-24-40(35)47(46)48/h1-29,41-42H,30H2. The highest BCUT2D eigenvalue weighted by molar-refractivity contribution is 6.13. The van der Waals surface area contributed by atoms with E-state index in [4.69, 9.17) is 0 Å². The summed E-state index contributed by atoms with van der Waals surface area (Å²) < 4.78 is 0. The number of hydrogen-bond acceptors (Lipinski definition) is 1. The lowest BCUT2D eigenvalue weighted by molar-refractivity contribution is 0.763. The van der Waals surface area contributed by atoms with Gasteiger partial charge in [0.2, 0.25) is 0 Å². The van der Waals surface area contributed by atoms with E-state index >= 15 is 0 Å². The lowest BCUT2D eigenvalue weighted by Gasteiger charge is -2.38. The molecule has 0 aliphatic heterocycles. The Bertz CT molecular complexity index is 2560. The highest BCUT2D eigenvalue weighted by Crippen LogP contribution is 2.69. The van der Waals surface area contributed by atoms with Crippen LogP contribution in [0.4, 0.5) is 17.1 Å². The molecular weight excluding hydrogens is 591 g/mol. The van der Waals surface area contributed by atoms with Crippen molar-refractivity contribution in [2.24, 2.45) is 0 Å². The molecule has 0 saturated heterocycles. The van der Waals surface area contributed by atoms with Gasteiger partial charge in [-0.1, -0.05) is 140 Å². The number of fused-ring (bicyclic) bond motifs is 17. The molecule has 230 valence electrons. The Labute approximate surface area is 286 Å². The van der Waals surface area contributed by atoms with Crippen LogP contribution in [0.3, 0.4) is 0 Å². The number of anilines is 3. The predicted molar refractivity (Wildman–Crippen MR) is 204 cm³/mol. The van der Waals surface area contributed by atoms with E-state index in [1.807, 2.05) is 0 Å². The van der Waals surface area contributed by atoms with Crippen LogP contribution in [-0.4, -0.2) is 0 Å². The van der Waals surface area contributed by atoms with Crippen molar-refractivity contribution in [1.29, 1.82) is 0 Å². The second-order valence-electron chi connectivity index (χ2n) is 13.9. The van der Waals surface area contributed by atoms with Crippen molar-refractivity contribution < 1.29 is 0 Å². The van der Waals surface area contributed by atoms with E-state index in [1.165, 1.54) is 72.6 Å². The minimum absolute atomic E-state index is 0.482. The van der Waals surface area contributed by atoms with Crippen LogP contribution in [0.1, 0.15) is 51.6 Å². The van der Waals surface area contributed by atoms with Gasteiger partial charge >= 0.3 is 0 Å². The third-order valence-corrected chi connectivity index (χ3v) is 11.6. The quantitative estimate of drug-likeness (QED) is 0.177. The maximum Gasteiger partial charge on any atom is 0.0726 e. The summed E-state index contributed by atoms with van der Waals surface area (Å²) in [6, 6.07) is 65.9. The molecule has 3 aliphatic rings. The van der Waals surface area contributed by atoms with Gasteiger partial charge in [-0.25, -0.2) is 0 Å². The summed E-state index contributed by atoms with van der Waals surface area (Å²) in [5, 5.41) is 5.48. The fourth-order valence-corrected chi connectivity index (χ4v) is 9.68. The van der Waals surface area contributed by atoms with Gasteiger partial charge in [0.15, 0.2) is 0 Å². The average molecular weight is 624 g/mol. The van der Waals surface area contributed by atoms with Gasteiger partial charge in [-0.15, -0.1) is 0 Å². The van der Waals surface area contributed by atoms with E-state index in [0.717, 1.165) is 11.4 Å². The minimum Gasteiger partial charge on any atom is -0.310 e. The topological polar surface area (TPSA) is 3.24 Å². The summed E-state index contributed by atoms with van der Waals surface area (Å²) in [5.41, 5.74) is 14.4. The summed E-state index contributed by atoms with van der Waals surface area (Å²) >= 11 is 0. The maximum atomic E-state index is 2.52. The second kappa shape index (κ2) is 10.0. The van der Waals surface area contributed by atoms with Gasteiger partial charge in [-0.2, -0.15) is 0 Å². The number of rotatable bonds is 3. The fourth-order valence-electron chi connectivity index (χ4n) is 9.68. The molecule has 1 nitrogen and oxygen atoms in total. The molecule has 1 fully saturated rings. The molecule has 1 spiro atoms. The molecule has 1 heteroatoms. The third-order valence-electron chi connectivity index (χ3n) is 11.6.